The summed E-state index contributed by atoms with van der Waals surface area (Å²) < 4.78 is 98.2. The second kappa shape index (κ2) is 9.77. The second-order valence-electron chi connectivity index (χ2n) is 7.21. The van der Waals surface area contributed by atoms with Gasteiger partial charge in [-0.3, -0.25) is 13.7 Å². The Morgan fingerprint density at radius 1 is 0.611 bits per heavy atom. The van der Waals surface area contributed by atoms with Gasteiger partial charge in [0.1, 0.15) is 15.5 Å². The van der Waals surface area contributed by atoms with Crippen LogP contribution in [0.15, 0.2) is 85.6 Å². The fourth-order valence-corrected chi connectivity index (χ4v) is 5.29. The summed E-state index contributed by atoms with van der Waals surface area (Å²) in [4.78, 5) is -1.95. The van der Waals surface area contributed by atoms with Gasteiger partial charge in [-0.15, -0.1) is 10.2 Å². The van der Waals surface area contributed by atoms with Crippen molar-refractivity contribution in [3.05, 3.63) is 60.7 Å². The summed E-state index contributed by atoms with van der Waals surface area (Å²) in [5.41, 5.74) is -0.382. The Morgan fingerprint density at radius 2 is 1.22 bits per heavy atom. The van der Waals surface area contributed by atoms with Crippen molar-refractivity contribution in [1.82, 2.24) is 0 Å². The molecule has 0 amide bonds. The van der Waals surface area contributed by atoms with Gasteiger partial charge in [0, 0.05) is 16.2 Å². The van der Waals surface area contributed by atoms with Crippen LogP contribution in [0.3, 0.4) is 0 Å². The molecule has 0 atom stereocenters. The summed E-state index contributed by atoms with van der Waals surface area (Å²) in [5, 5.41) is 18.6. The molecule has 0 unspecified atom stereocenters. The van der Waals surface area contributed by atoms with Crippen LogP contribution in [0.25, 0.3) is 21.5 Å². The molecular weight excluding hydrogens is 547 g/mol. The average molecular weight is 563 g/mol. The SMILES string of the molecule is O=S(=O)(O)c1ccc2c(/N=N/c3ccc(S(=O)(=O)O)c4ccccc34)c(O)c(S(=O)(=O)O)cc2c1.[NaH]. The molecule has 0 spiro atoms. The molecule has 0 saturated carbocycles. The van der Waals surface area contributed by atoms with E-state index in [0.717, 1.165) is 30.3 Å². The third kappa shape index (κ3) is 5.44. The van der Waals surface area contributed by atoms with E-state index in [1.54, 1.807) is 6.07 Å². The number of benzene rings is 4. The predicted molar refractivity (Wildman–Crippen MR) is 130 cm³/mol. The molecular formula is C20H15N2NaO10S3. The van der Waals surface area contributed by atoms with E-state index < -0.39 is 51.6 Å². The Hall–Kier alpha value is -2.47. The van der Waals surface area contributed by atoms with Gasteiger partial charge < -0.3 is 5.11 Å². The fraction of sp³-hybridized carbons (Fsp3) is 0. The second-order valence-corrected chi connectivity index (χ2v) is 11.4. The first kappa shape index (κ1) is 28.1. The van der Waals surface area contributed by atoms with Gasteiger partial charge in [0.25, 0.3) is 30.4 Å². The van der Waals surface area contributed by atoms with E-state index in [2.05, 4.69) is 10.2 Å². The number of phenols is 1. The average Bonchev–Trinajstić information content (AvgIpc) is 2.75. The molecule has 0 bridgehead atoms. The number of phenolic OH excluding ortho intramolecular Hbond substituents is 1. The molecule has 4 rings (SSSR count). The quantitative estimate of drug-likeness (QED) is 0.159. The molecule has 0 fully saturated rings. The van der Waals surface area contributed by atoms with Gasteiger partial charge in [-0.1, -0.05) is 30.3 Å². The standard InChI is InChI=1S/C20H14N2O10S3.Na.H/c23-20-18(35(30,31)32)10-11-9-12(33(24,25)26)5-6-13(11)19(20)22-21-16-7-8-17(34(27,28)29)15-4-2-1-3-14(15)16;;/h1-10,23H,(H,24,25,26)(H,27,28,29)(H,30,31,32);;/b22-21+;;. The molecule has 0 saturated heterocycles. The summed E-state index contributed by atoms with van der Waals surface area (Å²) in [7, 11) is -14.2. The monoisotopic (exact) mass is 562 g/mol. The van der Waals surface area contributed by atoms with Crippen molar-refractivity contribution in [3.8, 4) is 5.75 Å². The molecule has 4 N–H and O–H groups in total. The molecule has 0 heterocycles. The number of azo groups is 1. The summed E-state index contributed by atoms with van der Waals surface area (Å²) in [6.07, 6.45) is 0. The van der Waals surface area contributed by atoms with Crippen molar-refractivity contribution in [2.75, 3.05) is 0 Å². The number of hydrogen-bond donors (Lipinski definition) is 4. The molecule has 4 aromatic rings. The van der Waals surface area contributed by atoms with Crippen LogP contribution < -0.4 is 0 Å². The zero-order valence-corrected chi connectivity index (χ0v) is 19.6. The van der Waals surface area contributed by atoms with Gasteiger partial charge >= 0.3 is 29.6 Å². The van der Waals surface area contributed by atoms with Gasteiger partial charge in [0.2, 0.25) is 0 Å². The number of rotatable bonds is 5. The van der Waals surface area contributed by atoms with Crippen LogP contribution in [0.4, 0.5) is 11.4 Å². The fourth-order valence-electron chi connectivity index (χ4n) is 3.46. The molecule has 0 aliphatic carbocycles. The van der Waals surface area contributed by atoms with E-state index in [-0.39, 0.29) is 61.7 Å². The van der Waals surface area contributed by atoms with Crippen molar-refractivity contribution in [1.29, 1.82) is 0 Å². The summed E-state index contributed by atoms with van der Waals surface area (Å²) in [6, 6.07) is 12.1. The topological polar surface area (TPSA) is 208 Å². The van der Waals surface area contributed by atoms with E-state index in [4.69, 9.17) is 0 Å². The Kier molecular flexibility index (Phi) is 7.63. The van der Waals surface area contributed by atoms with Gasteiger partial charge in [-0.2, -0.15) is 25.3 Å². The summed E-state index contributed by atoms with van der Waals surface area (Å²) >= 11 is 0. The van der Waals surface area contributed by atoms with Gasteiger partial charge in [-0.05, 0) is 35.7 Å². The van der Waals surface area contributed by atoms with E-state index in [0.29, 0.717) is 0 Å². The van der Waals surface area contributed by atoms with Crippen molar-refractivity contribution >= 4 is 92.8 Å². The third-order valence-electron chi connectivity index (χ3n) is 4.99. The van der Waals surface area contributed by atoms with Crippen LogP contribution in [-0.4, -0.2) is 73.6 Å². The first-order valence-electron chi connectivity index (χ1n) is 9.33. The molecule has 0 aliphatic heterocycles. The third-order valence-corrected chi connectivity index (χ3v) is 7.62. The molecule has 0 aliphatic rings. The van der Waals surface area contributed by atoms with Crippen LogP contribution in [0.5, 0.6) is 5.75 Å². The Bertz CT molecular complexity index is 1890. The molecule has 36 heavy (non-hydrogen) atoms. The maximum atomic E-state index is 11.8. The normalized spacial score (nSPS) is 12.8. The zero-order chi connectivity index (χ0) is 25.8. The zero-order valence-electron chi connectivity index (χ0n) is 17.1. The number of fused-ring (bicyclic) bond motifs is 2. The van der Waals surface area contributed by atoms with Gasteiger partial charge in [0.05, 0.1) is 10.6 Å². The van der Waals surface area contributed by atoms with Crippen molar-refractivity contribution in [2.24, 2.45) is 10.2 Å². The summed E-state index contributed by atoms with van der Waals surface area (Å²) in [5.74, 6) is -0.984. The van der Waals surface area contributed by atoms with Crippen LogP contribution >= 0.6 is 0 Å². The van der Waals surface area contributed by atoms with Gasteiger partial charge in [0.15, 0.2) is 5.75 Å². The van der Waals surface area contributed by atoms with Crippen molar-refractivity contribution < 1.29 is 44.0 Å². The maximum absolute atomic E-state index is 11.8. The van der Waals surface area contributed by atoms with E-state index in [9.17, 15) is 44.0 Å². The van der Waals surface area contributed by atoms with Crippen molar-refractivity contribution in [3.63, 3.8) is 0 Å². The minimum absolute atomic E-state index is 0. The number of aromatic hydroxyl groups is 1. The molecule has 0 radical (unpaired) electrons. The number of nitrogens with zero attached hydrogens (tertiary/aromatic N) is 2. The summed E-state index contributed by atoms with van der Waals surface area (Å²) in [6.45, 7) is 0. The predicted octanol–water partition coefficient (Wildman–Crippen LogP) is 3.21. The van der Waals surface area contributed by atoms with Crippen molar-refractivity contribution in [2.45, 2.75) is 14.7 Å². The number of hydrogen-bond acceptors (Lipinski definition) is 9. The molecule has 0 aromatic heterocycles. The van der Waals surface area contributed by atoms with Crippen LogP contribution in [0.2, 0.25) is 0 Å². The van der Waals surface area contributed by atoms with Crippen LogP contribution in [0, 0.1) is 0 Å². The van der Waals surface area contributed by atoms with E-state index >= 15 is 0 Å². The molecule has 4 aromatic carbocycles. The Labute approximate surface area is 226 Å². The molecule has 12 nitrogen and oxygen atoms in total. The minimum atomic E-state index is -4.99. The van der Waals surface area contributed by atoms with E-state index in [1.807, 2.05) is 0 Å². The van der Waals surface area contributed by atoms with Crippen LogP contribution in [-0.2, 0) is 30.4 Å². The first-order valence-corrected chi connectivity index (χ1v) is 13.7. The van der Waals surface area contributed by atoms with Crippen LogP contribution in [0.1, 0.15) is 0 Å². The molecule has 184 valence electrons. The Balaban J connectivity index is 0.00000361. The van der Waals surface area contributed by atoms with E-state index in [1.165, 1.54) is 24.3 Å². The first-order chi connectivity index (χ1) is 16.2. The molecule has 16 heteroatoms. The van der Waals surface area contributed by atoms with Gasteiger partial charge in [-0.25, -0.2) is 0 Å². The Morgan fingerprint density at radius 3 is 1.81 bits per heavy atom.